The molecule has 0 unspecified atom stereocenters. The molecular weight excluding hydrogens is 408 g/mol. The Morgan fingerprint density at radius 2 is 1.78 bits per heavy atom. The van der Waals surface area contributed by atoms with Crippen molar-refractivity contribution in [1.82, 2.24) is 29.5 Å². The van der Waals surface area contributed by atoms with Gasteiger partial charge in [-0.15, -0.1) is 0 Å². The van der Waals surface area contributed by atoms with Crippen LogP contribution in [0.15, 0.2) is 73.4 Å². The van der Waals surface area contributed by atoms with Gasteiger partial charge in [0.25, 0.3) is 0 Å². The molecule has 10 nitrogen and oxygen atoms in total. The van der Waals surface area contributed by atoms with Crippen molar-refractivity contribution in [2.24, 2.45) is 0 Å². The Balaban J connectivity index is 1.46. The molecule has 5 aromatic rings. The number of nitrogens with one attached hydrogen (secondary N) is 2. The van der Waals surface area contributed by atoms with Crippen molar-refractivity contribution in [2.45, 2.75) is 0 Å². The van der Waals surface area contributed by atoms with Crippen LogP contribution in [0.25, 0.3) is 16.9 Å². The molecule has 10 heteroatoms. The number of benzene rings is 2. The molecule has 0 atom stereocenters. The molecule has 0 saturated carbocycles. The van der Waals surface area contributed by atoms with Gasteiger partial charge in [0, 0.05) is 29.8 Å². The van der Waals surface area contributed by atoms with E-state index in [0.717, 1.165) is 11.4 Å². The summed E-state index contributed by atoms with van der Waals surface area (Å²) in [6.45, 7) is 0.213. The Hall–Kier alpha value is -4.73. The van der Waals surface area contributed by atoms with Gasteiger partial charge in [-0.1, -0.05) is 18.2 Å². The molecular formula is C22H16N8O2. The van der Waals surface area contributed by atoms with Crippen LogP contribution in [-0.2, 0) is 0 Å². The van der Waals surface area contributed by atoms with E-state index in [1.807, 2.05) is 53.1 Å². The van der Waals surface area contributed by atoms with Gasteiger partial charge in [-0.2, -0.15) is 9.97 Å². The van der Waals surface area contributed by atoms with Gasteiger partial charge in [-0.25, -0.2) is 9.97 Å². The summed E-state index contributed by atoms with van der Waals surface area (Å²) in [7, 11) is 0. The first-order chi connectivity index (χ1) is 15.8. The Labute approximate surface area is 181 Å². The standard InChI is InChI=1S/C22H16N8O2/c1-2-4-15(5-3-1)30-12-25-19-20(26-14-6-7-16-17(10-14)32-13-31-16)28-22(29-21(19)30)27-18-11-23-8-9-24-18/h1-12H,13H2,(H2,24,26,27,28,29). The van der Waals surface area contributed by atoms with Crippen LogP contribution >= 0.6 is 0 Å². The molecule has 2 aromatic carbocycles. The first-order valence-corrected chi connectivity index (χ1v) is 9.84. The molecule has 0 fully saturated rings. The Morgan fingerprint density at radius 1 is 0.875 bits per heavy atom. The fourth-order valence-electron chi connectivity index (χ4n) is 3.41. The monoisotopic (exact) mass is 424 g/mol. The normalized spacial score (nSPS) is 12.1. The van der Waals surface area contributed by atoms with Crippen molar-refractivity contribution in [1.29, 1.82) is 0 Å². The molecule has 0 saturated heterocycles. The number of nitrogens with zero attached hydrogens (tertiary/aromatic N) is 6. The topological polar surface area (TPSA) is 112 Å². The van der Waals surface area contributed by atoms with Crippen LogP contribution in [0.2, 0.25) is 0 Å². The lowest BCUT2D eigenvalue weighted by atomic mass is 10.2. The second-order valence-corrected chi connectivity index (χ2v) is 6.93. The highest BCUT2D eigenvalue weighted by atomic mass is 16.7. The molecule has 156 valence electrons. The van der Waals surface area contributed by atoms with Gasteiger partial charge in [-0.3, -0.25) is 9.55 Å². The highest BCUT2D eigenvalue weighted by molar-refractivity contribution is 5.88. The van der Waals surface area contributed by atoms with E-state index in [1.54, 1.807) is 24.9 Å². The molecule has 2 N–H and O–H groups in total. The summed E-state index contributed by atoms with van der Waals surface area (Å²) < 4.78 is 12.8. The lowest BCUT2D eigenvalue weighted by Gasteiger charge is -2.11. The average molecular weight is 424 g/mol. The number of hydrogen-bond donors (Lipinski definition) is 2. The fourth-order valence-corrected chi connectivity index (χ4v) is 3.41. The molecule has 0 amide bonds. The number of hydrogen-bond acceptors (Lipinski definition) is 9. The lowest BCUT2D eigenvalue weighted by Crippen LogP contribution is -2.05. The van der Waals surface area contributed by atoms with E-state index in [-0.39, 0.29) is 6.79 Å². The van der Waals surface area contributed by atoms with E-state index < -0.39 is 0 Å². The van der Waals surface area contributed by atoms with Crippen molar-refractivity contribution in [2.75, 3.05) is 17.4 Å². The summed E-state index contributed by atoms with van der Waals surface area (Å²) in [6, 6.07) is 15.5. The predicted octanol–water partition coefficient (Wildman–Crippen LogP) is 3.82. The highest BCUT2D eigenvalue weighted by Gasteiger charge is 2.17. The number of aromatic nitrogens is 6. The summed E-state index contributed by atoms with van der Waals surface area (Å²) in [4.78, 5) is 22.2. The number of anilines is 4. The third-order valence-electron chi connectivity index (χ3n) is 4.87. The molecule has 6 rings (SSSR count). The minimum absolute atomic E-state index is 0.213. The predicted molar refractivity (Wildman–Crippen MR) is 118 cm³/mol. The van der Waals surface area contributed by atoms with Gasteiger partial charge in [0.1, 0.15) is 6.33 Å². The molecule has 0 aliphatic carbocycles. The molecule has 3 aromatic heterocycles. The van der Waals surface area contributed by atoms with E-state index in [1.165, 1.54) is 0 Å². The molecule has 0 spiro atoms. The second-order valence-electron chi connectivity index (χ2n) is 6.93. The zero-order valence-electron chi connectivity index (χ0n) is 16.6. The van der Waals surface area contributed by atoms with Crippen molar-refractivity contribution >= 4 is 34.4 Å². The number of ether oxygens (including phenoxy) is 2. The average Bonchev–Trinajstić information content (AvgIpc) is 3.47. The van der Waals surface area contributed by atoms with Crippen LogP contribution in [0.4, 0.5) is 23.3 Å². The Bertz CT molecular complexity index is 1410. The number of para-hydroxylation sites is 1. The summed E-state index contributed by atoms with van der Waals surface area (Å²) in [5.74, 6) is 2.82. The fraction of sp³-hybridized carbons (Fsp3) is 0.0455. The molecule has 1 aliphatic heterocycles. The van der Waals surface area contributed by atoms with Gasteiger partial charge in [-0.05, 0) is 24.3 Å². The van der Waals surface area contributed by atoms with E-state index in [9.17, 15) is 0 Å². The highest BCUT2D eigenvalue weighted by Crippen LogP contribution is 2.36. The molecule has 4 heterocycles. The smallest absolute Gasteiger partial charge is 0.232 e. The van der Waals surface area contributed by atoms with Crippen LogP contribution in [0.5, 0.6) is 11.5 Å². The second kappa shape index (κ2) is 7.51. The van der Waals surface area contributed by atoms with E-state index in [2.05, 4.69) is 30.6 Å². The van der Waals surface area contributed by atoms with Gasteiger partial charge < -0.3 is 20.1 Å². The maximum Gasteiger partial charge on any atom is 0.232 e. The summed E-state index contributed by atoms with van der Waals surface area (Å²) in [6.07, 6.45) is 6.53. The van der Waals surface area contributed by atoms with E-state index in [0.29, 0.717) is 40.2 Å². The number of fused-ring (bicyclic) bond motifs is 2. The molecule has 0 bridgehead atoms. The van der Waals surface area contributed by atoms with E-state index in [4.69, 9.17) is 14.5 Å². The Morgan fingerprint density at radius 3 is 2.66 bits per heavy atom. The maximum absolute atomic E-state index is 5.49. The molecule has 1 aliphatic rings. The van der Waals surface area contributed by atoms with Crippen LogP contribution < -0.4 is 20.1 Å². The maximum atomic E-state index is 5.49. The SMILES string of the molecule is c1ccc(-n2cnc3c(Nc4ccc5c(c4)OCO5)nc(Nc4cnccn4)nc32)cc1. The Kier molecular flexibility index (Phi) is 4.24. The van der Waals surface area contributed by atoms with Gasteiger partial charge in [0.05, 0.1) is 6.20 Å². The van der Waals surface area contributed by atoms with Crippen LogP contribution in [0.3, 0.4) is 0 Å². The van der Waals surface area contributed by atoms with Crippen molar-refractivity contribution < 1.29 is 9.47 Å². The van der Waals surface area contributed by atoms with Gasteiger partial charge in [0.2, 0.25) is 12.7 Å². The van der Waals surface area contributed by atoms with Crippen LogP contribution in [-0.4, -0.2) is 36.3 Å². The first kappa shape index (κ1) is 18.1. The zero-order valence-corrected chi connectivity index (χ0v) is 16.6. The third kappa shape index (κ3) is 3.29. The van der Waals surface area contributed by atoms with E-state index >= 15 is 0 Å². The summed E-state index contributed by atoms with van der Waals surface area (Å²) >= 11 is 0. The van der Waals surface area contributed by atoms with Crippen molar-refractivity contribution in [3.05, 3.63) is 73.4 Å². The van der Waals surface area contributed by atoms with Crippen molar-refractivity contribution in [3.8, 4) is 17.2 Å². The lowest BCUT2D eigenvalue weighted by molar-refractivity contribution is 0.174. The number of rotatable bonds is 5. The third-order valence-corrected chi connectivity index (χ3v) is 4.87. The number of imidazole rings is 1. The first-order valence-electron chi connectivity index (χ1n) is 9.84. The molecule has 0 radical (unpaired) electrons. The zero-order chi connectivity index (χ0) is 21.3. The largest absolute Gasteiger partial charge is 0.454 e. The van der Waals surface area contributed by atoms with Gasteiger partial charge in [0.15, 0.2) is 34.3 Å². The van der Waals surface area contributed by atoms with Gasteiger partial charge >= 0.3 is 0 Å². The van der Waals surface area contributed by atoms with Crippen LogP contribution in [0, 0.1) is 0 Å². The van der Waals surface area contributed by atoms with Crippen LogP contribution in [0.1, 0.15) is 0 Å². The van der Waals surface area contributed by atoms with Crippen molar-refractivity contribution in [3.63, 3.8) is 0 Å². The minimum atomic E-state index is 0.213. The quantitative estimate of drug-likeness (QED) is 0.435. The summed E-state index contributed by atoms with van der Waals surface area (Å²) in [5.41, 5.74) is 2.99. The molecule has 32 heavy (non-hydrogen) atoms. The minimum Gasteiger partial charge on any atom is -0.454 e. The summed E-state index contributed by atoms with van der Waals surface area (Å²) in [5, 5.41) is 6.44.